The minimum Gasteiger partial charge on any atom is -0.454 e. The van der Waals surface area contributed by atoms with Gasteiger partial charge in [0.25, 0.3) is 0 Å². The van der Waals surface area contributed by atoms with Gasteiger partial charge in [0.05, 0.1) is 5.75 Å². The van der Waals surface area contributed by atoms with Crippen molar-refractivity contribution in [2.24, 2.45) is 0 Å². The molecule has 1 amide bonds. The summed E-state index contributed by atoms with van der Waals surface area (Å²) in [4.78, 5) is 11.9. The van der Waals surface area contributed by atoms with Gasteiger partial charge in [0, 0.05) is 17.4 Å². The van der Waals surface area contributed by atoms with Gasteiger partial charge in [0.1, 0.15) is 0 Å². The number of para-hydroxylation sites is 1. The molecule has 1 fully saturated rings. The molecule has 2 aliphatic heterocycles. The van der Waals surface area contributed by atoms with Crippen molar-refractivity contribution in [3.63, 3.8) is 0 Å². The van der Waals surface area contributed by atoms with Crippen molar-refractivity contribution in [2.75, 3.05) is 25.6 Å². The van der Waals surface area contributed by atoms with Crippen LogP contribution < -0.4 is 20.1 Å². The lowest BCUT2D eigenvalue weighted by Crippen LogP contribution is -2.31. The monoisotopic (exact) mass is 308 g/mol. The molecule has 2 aliphatic rings. The van der Waals surface area contributed by atoms with E-state index < -0.39 is 0 Å². The Balaban J connectivity index is 1.44. The summed E-state index contributed by atoms with van der Waals surface area (Å²) in [6.07, 6.45) is 2.30. The Morgan fingerprint density at radius 1 is 1.33 bits per heavy atom. The molecule has 0 spiro atoms. The SMILES string of the molecule is O=C(CSC1CCNCC1)NCc1cccc2c1OCO2. The Morgan fingerprint density at radius 2 is 2.19 bits per heavy atom. The minimum absolute atomic E-state index is 0.0788. The van der Waals surface area contributed by atoms with Crippen molar-refractivity contribution in [3.8, 4) is 11.5 Å². The molecule has 1 aromatic rings. The third kappa shape index (κ3) is 3.83. The molecule has 1 saturated heterocycles. The van der Waals surface area contributed by atoms with Gasteiger partial charge in [-0.1, -0.05) is 12.1 Å². The fourth-order valence-electron chi connectivity index (χ4n) is 2.53. The Labute approximate surface area is 128 Å². The number of rotatable bonds is 5. The van der Waals surface area contributed by atoms with E-state index in [4.69, 9.17) is 9.47 Å². The van der Waals surface area contributed by atoms with Gasteiger partial charge < -0.3 is 20.1 Å². The van der Waals surface area contributed by atoms with Crippen molar-refractivity contribution in [1.82, 2.24) is 10.6 Å². The molecule has 0 aliphatic carbocycles. The molecule has 3 rings (SSSR count). The van der Waals surface area contributed by atoms with Crippen LogP contribution in [0.1, 0.15) is 18.4 Å². The van der Waals surface area contributed by atoms with Crippen molar-refractivity contribution in [1.29, 1.82) is 0 Å². The second kappa shape index (κ2) is 7.04. The molecule has 0 aromatic heterocycles. The Bertz CT molecular complexity index is 504. The standard InChI is InChI=1S/C15H20N2O3S/c18-14(9-21-12-4-6-16-7-5-12)17-8-11-2-1-3-13-15(11)20-10-19-13/h1-3,12,16H,4-10H2,(H,17,18). The van der Waals surface area contributed by atoms with Crippen LogP contribution in [-0.4, -0.2) is 36.8 Å². The number of carbonyl (C=O) groups excluding carboxylic acids is 1. The highest BCUT2D eigenvalue weighted by Gasteiger charge is 2.18. The van der Waals surface area contributed by atoms with Crippen LogP contribution in [0.3, 0.4) is 0 Å². The fraction of sp³-hybridized carbons (Fsp3) is 0.533. The number of benzene rings is 1. The smallest absolute Gasteiger partial charge is 0.231 e. The molecule has 0 atom stereocenters. The summed E-state index contributed by atoms with van der Waals surface area (Å²) in [6.45, 7) is 2.86. The van der Waals surface area contributed by atoms with E-state index in [2.05, 4.69) is 10.6 Å². The third-order valence-corrected chi connectivity index (χ3v) is 5.06. The van der Waals surface area contributed by atoms with Gasteiger partial charge in [0.2, 0.25) is 12.7 Å². The zero-order valence-corrected chi connectivity index (χ0v) is 12.7. The molecule has 0 saturated carbocycles. The Hall–Kier alpha value is -1.40. The zero-order valence-electron chi connectivity index (χ0n) is 11.9. The zero-order chi connectivity index (χ0) is 14.5. The molecule has 2 heterocycles. The number of hydrogen-bond donors (Lipinski definition) is 2. The first-order valence-electron chi connectivity index (χ1n) is 7.29. The second-order valence-electron chi connectivity index (χ2n) is 5.19. The van der Waals surface area contributed by atoms with Crippen LogP contribution in [0.2, 0.25) is 0 Å². The fourth-order valence-corrected chi connectivity index (χ4v) is 3.59. The first-order chi connectivity index (χ1) is 10.3. The number of hydrogen-bond acceptors (Lipinski definition) is 5. The number of piperidine rings is 1. The van der Waals surface area contributed by atoms with Crippen molar-refractivity contribution in [2.45, 2.75) is 24.6 Å². The van der Waals surface area contributed by atoms with E-state index in [1.165, 1.54) is 0 Å². The van der Waals surface area contributed by atoms with Crippen molar-refractivity contribution < 1.29 is 14.3 Å². The quantitative estimate of drug-likeness (QED) is 0.863. The molecule has 0 bridgehead atoms. The molecular formula is C15H20N2O3S. The maximum absolute atomic E-state index is 11.9. The van der Waals surface area contributed by atoms with Crippen LogP contribution in [0.15, 0.2) is 18.2 Å². The lowest BCUT2D eigenvalue weighted by Gasteiger charge is -2.21. The number of thioether (sulfide) groups is 1. The van der Waals surface area contributed by atoms with Gasteiger partial charge in [-0.15, -0.1) is 11.8 Å². The lowest BCUT2D eigenvalue weighted by molar-refractivity contribution is -0.118. The summed E-state index contributed by atoms with van der Waals surface area (Å²) in [5, 5.41) is 6.90. The topological polar surface area (TPSA) is 59.6 Å². The molecule has 2 N–H and O–H groups in total. The summed E-state index contributed by atoms with van der Waals surface area (Å²) >= 11 is 1.76. The summed E-state index contributed by atoms with van der Waals surface area (Å²) in [5.41, 5.74) is 0.963. The third-order valence-electron chi connectivity index (χ3n) is 3.69. The molecule has 6 heteroatoms. The Morgan fingerprint density at radius 3 is 3.05 bits per heavy atom. The average molecular weight is 308 g/mol. The number of amides is 1. The van der Waals surface area contributed by atoms with E-state index in [0.29, 0.717) is 17.5 Å². The molecule has 21 heavy (non-hydrogen) atoms. The van der Waals surface area contributed by atoms with Gasteiger partial charge in [-0.3, -0.25) is 4.79 Å². The molecule has 0 radical (unpaired) electrons. The van der Waals surface area contributed by atoms with E-state index in [-0.39, 0.29) is 12.7 Å². The summed E-state index contributed by atoms with van der Waals surface area (Å²) in [5.74, 6) is 2.11. The van der Waals surface area contributed by atoms with E-state index in [1.807, 2.05) is 18.2 Å². The van der Waals surface area contributed by atoms with Crippen molar-refractivity contribution >= 4 is 17.7 Å². The van der Waals surface area contributed by atoms with Gasteiger partial charge in [-0.2, -0.15) is 0 Å². The number of carbonyl (C=O) groups is 1. The van der Waals surface area contributed by atoms with Crippen LogP contribution >= 0.6 is 11.8 Å². The Kier molecular flexibility index (Phi) is 4.87. The predicted octanol–water partition coefficient (Wildman–Crippen LogP) is 1.52. The number of ether oxygens (including phenoxy) is 2. The van der Waals surface area contributed by atoms with Gasteiger partial charge in [-0.25, -0.2) is 0 Å². The minimum atomic E-state index is 0.0788. The first-order valence-corrected chi connectivity index (χ1v) is 8.34. The molecular weight excluding hydrogens is 288 g/mol. The highest BCUT2D eigenvalue weighted by atomic mass is 32.2. The average Bonchev–Trinajstić information content (AvgIpc) is 3.01. The van der Waals surface area contributed by atoms with Crippen LogP contribution in [0.25, 0.3) is 0 Å². The molecule has 0 unspecified atom stereocenters. The predicted molar refractivity (Wildman–Crippen MR) is 82.8 cm³/mol. The lowest BCUT2D eigenvalue weighted by atomic mass is 10.2. The second-order valence-corrected chi connectivity index (χ2v) is 6.48. The number of fused-ring (bicyclic) bond motifs is 1. The van der Waals surface area contributed by atoms with Crippen molar-refractivity contribution in [3.05, 3.63) is 23.8 Å². The largest absolute Gasteiger partial charge is 0.454 e. The summed E-state index contributed by atoms with van der Waals surface area (Å²) in [7, 11) is 0. The summed E-state index contributed by atoms with van der Waals surface area (Å²) in [6, 6.07) is 5.74. The van der Waals surface area contributed by atoms with E-state index in [9.17, 15) is 4.79 Å². The normalized spacial score (nSPS) is 17.7. The number of nitrogens with one attached hydrogen (secondary N) is 2. The van der Waals surface area contributed by atoms with E-state index in [0.717, 1.165) is 43.0 Å². The van der Waals surface area contributed by atoms with Crippen LogP contribution in [0.4, 0.5) is 0 Å². The van der Waals surface area contributed by atoms with Gasteiger partial charge in [-0.05, 0) is 32.0 Å². The van der Waals surface area contributed by atoms with E-state index >= 15 is 0 Å². The molecule has 5 nitrogen and oxygen atoms in total. The summed E-state index contributed by atoms with van der Waals surface area (Å²) < 4.78 is 10.8. The molecule has 114 valence electrons. The first kappa shape index (κ1) is 14.5. The van der Waals surface area contributed by atoms with Crippen LogP contribution in [0, 0.1) is 0 Å². The highest BCUT2D eigenvalue weighted by molar-refractivity contribution is 8.00. The maximum Gasteiger partial charge on any atom is 0.231 e. The van der Waals surface area contributed by atoms with Gasteiger partial charge in [0.15, 0.2) is 11.5 Å². The van der Waals surface area contributed by atoms with Crippen LogP contribution in [0.5, 0.6) is 11.5 Å². The highest BCUT2D eigenvalue weighted by Crippen LogP contribution is 2.35. The van der Waals surface area contributed by atoms with Gasteiger partial charge >= 0.3 is 0 Å². The van der Waals surface area contributed by atoms with Crippen LogP contribution in [-0.2, 0) is 11.3 Å². The van der Waals surface area contributed by atoms with E-state index in [1.54, 1.807) is 11.8 Å². The molecule has 1 aromatic carbocycles. The maximum atomic E-state index is 11.9.